The monoisotopic (exact) mass is 287 g/mol. The molecule has 1 aliphatic heterocycles. The normalized spacial score (nSPS) is 18.1. The molecule has 1 heterocycles. The molecular formula is C17H18ClNO. The van der Waals surface area contributed by atoms with Crippen LogP contribution >= 0.6 is 11.6 Å². The Morgan fingerprint density at radius 3 is 2.65 bits per heavy atom. The smallest absolute Gasteiger partial charge is 0.138 e. The van der Waals surface area contributed by atoms with Crippen molar-refractivity contribution in [2.45, 2.75) is 18.9 Å². The molecule has 3 heteroatoms. The van der Waals surface area contributed by atoms with Crippen LogP contribution in [0.2, 0.25) is 5.02 Å². The van der Waals surface area contributed by atoms with E-state index in [9.17, 15) is 0 Å². The molecule has 1 atom stereocenters. The Kier molecular flexibility index (Phi) is 4.24. The van der Waals surface area contributed by atoms with Crippen LogP contribution in [0.1, 0.15) is 12.8 Å². The summed E-state index contributed by atoms with van der Waals surface area (Å²) in [6.07, 6.45) is 2.41. The second-order valence-corrected chi connectivity index (χ2v) is 5.52. The number of hydrogen-bond acceptors (Lipinski definition) is 2. The molecule has 0 amide bonds. The molecule has 1 saturated heterocycles. The van der Waals surface area contributed by atoms with Gasteiger partial charge in [0, 0.05) is 6.04 Å². The number of benzene rings is 2. The van der Waals surface area contributed by atoms with Crippen molar-refractivity contribution in [2.75, 3.05) is 13.2 Å². The first-order chi connectivity index (χ1) is 9.83. The van der Waals surface area contributed by atoms with Crippen molar-refractivity contribution in [1.29, 1.82) is 0 Å². The SMILES string of the molecule is Clc1cc(-c2ccccc2)ccc1OCC1CCCN1. The minimum atomic E-state index is 0.458. The molecule has 2 nitrogen and oxygen atoms in total. The molecule has 0 aromatic heterocycles. The van der Waals surface area contributed by atoms with Crippen LogP contribution in [0.5, 0.6) is 5.75 Å². The van der Waals surface area contributed by atoms with E-state index in [0.29, 0.717) is 17.7 Å². The van der Waals surface area contributed by atoms with Crippen molar-refractivity contribution in [1.82, 2.24) is 5.32 Å². The van der Waals surface area contributed by atoms with Gasteiger partial charge < -0.3 is 10.1 Å². The molecule has 2 aromatic carbocycles. The first-order valence-corrected chi connectivity index (χ1v) is 7.42. The number of hydrogen-bond donors (Lipinski definition) is 1. The Morgan fingerprint density at radius 2 is 1.95 bits per heavy atom. The Morgan fingerprint density at radius 1 is 1.10 bits per heavy atom. The van der Waals surface area contributed by atoms with Gasteiger partial charge in [0.15, 0.2) is 0 Å². The summed E-state index contributed by atoms with van der Waals surface area (Å²) in [6, 6.07) is 16.7. The first-order valence-electron chi connectivity index (χ1n) is 7.04. The molecule has 104 valence electrons. The van der Waals surface area contributed by atoms with Crippen molar-refractivity contribution < 1.29 is 4.74 Å². The molecule has 2 aromatic rings. The van der Waals surface area contributed by atoms with Gasteiger partial charge in [-0.15, -0.1) is 0 Å². The van der Waals surface area contributed by atoms with E-state index in [0.717, 1.165) is 17.9 Å². The maximum Gasteiger partial charge on any atom is 0.138 e. The largest absolute Gasteiger partial charge is 0.490 e. The Balaban J connectivity index is 1.71. The zero-order chi connectivity index (χ0) is 13.8. The zero-order valence-electron chi connectivity index (χ0n) is 11.3. The van der Waals surface area contributed by atoms with E-state index in [1.165, 1.54) is 18.4 Å². The predicted molar refractivity (Wildman–Crippen MR) is 83.4 cm³/mol. The van der Waals surface area contributed by atoms with E-state index in [2.05, 4.69) is 23.5 Å². The lowest BCUT2D eigenvalue weighted by molar-refractivity contribution is 0.277. The highest BCUT2D eigenvalue weighted by molar-refractivity contribution is 6.32. The van der Waals surface area contributed by atoms with E-state index in [4.69, 9.17) is 16.3 Å². The summed E-state index contributed by atoms with van der Waals surface area (Å²) in [5, 5.41) is 4.09. The molecule has 0 bridgehead atoms. The van der Waals surface area contributed by atoms with Gasteiger partial charge in [-0.3, -0.25) is 0 Å². The van der Waals surface area contributed by atoms with Crippen LogP contribution in [0.25, 0.3) is 11.1 Å². The average Bonchev–Trinajstić information content (AvgIpc) is 3.00. The fourth-order valence-corrected chi connectivity index (χ4v) is 2.75. The molecule has 1 fully saturated rings. The van der Waals surface area contributed by atoms with Gasteiger partial charge in [0.2, 0.25) is 0 Å². The van der Waals surface area contributed by atoms with Gasteiger partial charge in [-0.2, -0.15) is 0 Å². The lowest BCUT2D eigenvalue weighted by Gasteiger charge is -2.14. The zero-order valence-corrected chi connectivity index (χ0v) is 12.1. The third-order valence-corrected chi connectivity index (χ3v) is 3.94. The maximum atomic E-state index is 6.32. The quantitative estimate of drug-likeness (QED) is 0.912. The number of rotatable bonds is 4. The van der Waals surface area contributed by atoms with Crippen LogP contribution in [0, 0.1) is 0 Å². The standard InChI is InChI=1S/C17H18ClNO/c18-16-11-14(13-5-2-1-3-6-13)8-9-17(16)20-12-15-7-4-10-19-15/h1-3,5-6,8-9,11,15,19H,4,7,10,12H2. The third kappa shape index (κ3) is 3.14. The Bertz CT molecular complexity index is 564. The summed E-state index contributed by atoms with van der Waals surface area (Å²) < 4.78 is 5.82. The average molecular weight is 288 g/mol. The van der Waals surface area contributed by atoms with Gasteiger partial charge >= 0.3 is 0 Å². The van der Waals surface area contributed by atoms with Crippen LogP contribution in [-0.4, -0.2) is 19.2 Å². The molecule has 0 aliphatic carbocycles. The molecule has 3 rings (SSSR count). The fourth-order valence-electron chi connectivity index (χ4n) is 2.52. The summed E-state index contributed by atoms with van der Waals surface area (Å²) in [7, 11) is 0. The van der Waals surface area contributed by atoms with Crippen molar-refractivity contribution in [3.63, 3.8) is 0 Å². The van der Waals surface area contributed by atoms with E-state index >= 15 is 0 Å². The number of nitrogens with one attached hydrogen (secondary N) is 1. The minimum absolute atomic E-state index is 0.458. The van der Waals surface area contributed by atoms with Crippen LogP contribution in [0.3, 0.4) is 0 Å². The van der Waals surface area contributed by atoms with Crippen molar-refractivity contribution in [3.8, 4) is 16.9 Å². The summed E-state index contributed by atoms with van der Waals surface area (Å²) in [5.41, 5.74) is 2.28. The molecule has 1 N–H and O–H groups in total. The molecule has 1 aliphatic rings. The highest BCUT2D eigenvalue weighted by Crippen LogP contribution is 2.30. The van der Waals surface area contributed by atoms with Crippen LogP contribution in [-0.2, 0) is 0 Å². The fraction of sp³-hybridized carbons (Fsp3) is 0.294. The van der Waals surface area contributed by atoms with Crippen LogP contribution < -0.4 is 10.1 Å². The maximum absolute atomic E-state index is 6.32. The lowest BCUT2D eigenvalue weighted by Crippen LogP contribution is -2.28. The molecule has 0 radical (unpaired) electrons. The summed E-state index contributed by atoms with van der Waals surface area (Å²) in [4.78, 5) is 0. The summed E-state index contributed by atoms with van der Waals surface area (Å²) in [6.45, 7) is 1.78. The second kappa shape index (κ2) is 6.29. The van der Waals surface area contributed by atoms with Crippen molar-refractivity contribution >= 4 is 11.6 Å². The van der Waals surface area contributed by atoms with Crippen LogP contribution in [0.15, 0.2) is 48.5 Å². The van der Waals surface area contributed by atoms with Gasteiger partial charge in [0.1, 0.15) is 12.4 Å². The highest BCUT2D eigenvalue weighted by Gasteiger charge is 2.15. The van der Waals surface area contributed by atoms with Gasteiger partial charge in [-0.1, -0.05) is 48.0 Å². The number of halogens is 1. The third-order valence-electron chi connectivity index (χ3n) is 3.64. The van der Waals surface area contributed by atoms with Crippen LogP contribution in [0.4, 0.5) is 0 Å². The summed E-state index contributed by atoms with van der Waals surface area (Å²) >= 11 is 6.32. The van der Waals surface area contributed by atoms with Crippen molar-refractivity contribution in [3.05, 3.63) is 53.6 Å². The highest BCUT2D eigenvalue weighted by atomic mass is 35.5. The molecule has 1 unspecified atom stereocenters. The molecule has 0 saturated carbocycles. The molecule has 0 spiro atoms. The Hall–Kier alpha value is -1.51. The number of ether oxygens (including phenoxy) is 1. The van der Waals surface area contributed by atoms with Gasteiger partial charge in [0.05, 0.1) is 5.02 Å². The first kappa shape index (κ1) is 13.5. The Labute approximate surface area is 124 Å². The van der Waals surface area contributed by atoms with Crippen molar-refractivity contribution in [2.24, 2.45) is 0 Å². The van der Waals surface area contributed by atoms with E-state index in [1.54, 1.807) is 0 Å². The second-order valence-electron chi connectivity index (χ2n) is 5.12. The molecule has 20 heavy (non-hydrogen) atoms. The van der Waals surface area contributed by atoms with E-state index in [1.807, 2.05) is 30.3 Å². The predicted octanol–water partition coefficient (Wildman–Crippen LogP) is 4.14. The van der Waals surface area contributed by atoms with Gasteiger partial charge in [0.25, 0.3) is 0 Å². The van der Waals surface area contributed by atoms with E-state index < -0.39 is 0 Å². The van der Waals surface area contributed by atoms with Gasteiger partial charge in [-0.05, 0) is 42.6 Å². The molecular weight excluding hydrogens is 270 g/mol. The lowest BCUT2D eigenvalue weighted by atomic mass is 10.1. The topological polar surface area (TPSA) is 21.3 Å². The summed E-state index contributed by atoms with van der Waals surface area (Å²) in [5.74, 6) is 0.764. The van der Waals surface area contributed by atoms with E-state index in [-0.39, 0.29) is 0 Å². The van der Waals surface area contributed by atoms with Gasteiger partial charge in [-0.25, -0.2) is 0 Å². The minimum Gasteiger partial charge on any atom is -0.490 e.